The van der Waals surface area contributed by atoms with Crippen LogP contribution in [0.25, 0.3) is 0 Å². The van der Waals surface area contributed by atoms with E-state index < -0.39 is 11.4 Å². The van der Waals surface area contributed by atoms with Crippen LogP contribution >= 0.6 is 11.6 Å². The van der Waals surface area contributed by atoms with Gasteiger partial charge in [0.05, 0.1) is 12.3 Å². The van der Waals surface area contributed by atoms with Crippen molar-refractivity contribution in [2.24, 2.45) is 4.40 Å². The first kappa shape index (κ1) is 15.8. The molecule has 0 amide bonds. The number of benzene rings is 1. The fourth-order valence-corrected chi connectivity index (χ4v) is 3.03. The van der Waals surface area contributed by atoms with Gasteiger partial charge in [0.1, 0.15) is 16.1 Å². The highest BCUT2D eigenvalue weighted by Crippen LogP contribution is 2.43. The first-order valence-electron chi connectivity index (χ1n) is 6.64. The summed E-state index contributed by atoms with van der Waals surface area (Å²) in [4.78, 5) is 0. The zero-order valence-corrected chi connectivity index (χ0v) is 13.5. The number of halogens is 1. The van der Waals surface area contributed by atoms with Gasteiger partial charge in [-0.05, 0) is 51.3 Å². The standard InChI is InChI=1S/C15H20ClNO2S/c1-14(2,3)20(19)17-10-15(8-13(18)9-15)11-4-6-12(16)7-5-11/h4-7,10,13,18H,8-9H2,1-3H3/t13?,15?,20-/m0/s1. The van der Waals surface area contributed by atoms with Crippen molar-refractivity contribution in [3.05, 3.63) is 34.9 Å². The summed E-state index contributed by atoms with van der Waals surface area (Å²) >= 11 is 4.63. The van der Waals surface area contributed by atoms with Gasteiger partial charge in [0.15, 0.2) is 0 Å². The Morgan fingerprint density at radius 3 is 2.35 bits per heavy atom. The Labute approximate surface area is 128 Å². The second-order valence-corrected chi connectivity index (χ2v) is 8.69. The summed E-state index contributed by atoms with van der Waals surface area (Å²) in [6.45, 7) is 5.68. The van der Waals surface area contributed by atoms with Crippen LogP contribution in [0, 0.1) is 0 Å². The van der Waals surface area contributed by atoms with E-state index >= 15 is 0 Å². The highest BCUT2D eigenvalue weighted by atomic mass is 35.5. The van der Waals surface area contributed by atoms with Crippen molar-refractivity contribution in [1.82, 2.24) is 0 Å². The van der Waals surface area contributed by atoms with E-state index in [1.54, 1.807) is 6.21 Å². The van der Waals surface area contributed by atoms with E-state index in [1.807, 2.05) is 45.0 Å². The smallest absolute Gasteiger partial charge is 0.144 e. The molecule has 0 aromatic heterocycles. The van der Waals surface area contributed by atoms with Crippen molar-refractivity contribution < 1.29 is 9.66 Å². The monoisotopic (exact) mass is 313 g/mol. The molecular weight excluding hydrogens is 294 g/mol. The Morgan fingerprint density at radius 1 is 1.35 bits per heavy atom. The third kappa shape index (κ3) is 3.37. The van der Waals surface area contributed by atoms with Gasteiger partial charge in [-0.15, -0.1) is 0 Å². The molecule has 0 unspecified atom stereocenters. The molecule has 1 fully saturated rings. The summed E-state index contributed by atoms with van der Waals surface area (Å²) in [6.07, 6.45) is 2.66. The summed E-state index contributed by atoms with van der Waals surface area (Å²) in [5, 5.41) is 10.3. The summed E-state index contributed by atoms with van der Waals surface area (Å²) in [5.74, 6) is 0. The van der Waals surface area contributed by atoms with Gasteiger partial charge < -0.3 is 9.66 Å². The molecule has 110 valence electrons. The first-order chi connectivity index (χ1) is 9.23. The molecule has 2 rings (SSSR count). The molecule has 0 aliphatic heterocycles. The minimum Gasteiger partial charge on any atom is -0.591 e. The van der Waals surface area contributed by atoms with E-state index in [0.29, 0.717) is 17.9 Å². The van der Waals surface area contributed by atoms with E-state index in [4.69, 9.17) is 11.6 Å². The Kier molecular flexibility index (Phi) is 4.50. The lowest BCUT2D eigenvalue weighted by atomic mass is 9.63. The van der Waals surface area contributed by atoms with Crippen LogP contribution in [0.15, 0.2) is 28.7 Å². The molecular formula is C15H20ClNO2S. The van der Waals surface area contributed by atoms with E-state index in [9.17, 15) is 9.66 Å². The van der Waals surface area contributed by atoms with Crippen LogP contribution in [0.2, 0.25) is 5.02 Å². The number of hydrogen-bond donors (Lipinski definition) is 1. The average Bonchev–Trinajstić information content (AvgIpc) is 2.32. The van der Waals surface area contributed by atoms with Crippen LogP contribution in [0.5, 0.6) is 0 Å². The number of aliphatic hydroxyl groups is 1. The van der Waals surface area contributed by atoms with Crippen molar-refractivity contribution in [1.29, 1.82) is 0 Å². The van der Waals surface area contributed by atoms with Crippen LogP contribution in [-0.4, -0.2) is 26.7 Å². The predicted octanol–water partition coefficient (Wildman–Crippen LogP) is 3.27. The quantitative estimate of drug-likeness (QED) is 0.688. The molecule has 0 bridgehead atoms. The molecule has 5 heteroatoms. The largest absolute Gasteiger partial charge is 0.591 e. The maximum absolute atomic E-state index is 12.0. The zero-order chi connectivity index (χ0) is 15.0. The van der Waals surface area contributed by atoms with Crippen molar-refractivity contribution in [2.45, 2.75) is 49.9 Å². The minimum absolute atomic E-state index is 0.315. The summed E-state index contributed by atoms with van der Waals surface area (Å²) < 4.78 is 15.9. The molecule has 20 heavy (non-hydrogen) atoms. The molecule has 1 aliphatic carbocycles. The molecule has 0 radical (unpaired) electrons. The molecule has 0 heterocycles. The van der Waals surface area contributed by atoms with Gasteiger partial charge in [-0.2, -0.15) is 0 Å². The predicted molar refractivity (Wildman–Crippen MR) is 84.8 cm³/mol. The SMILES string of the molecule is CC(C)(C)[S@+]([O-])N=CC1(c2ccc(Cl)cc2)CC(O)C1. The lowest BCUT2D eigenvalue weighted by Crippen LogP contribution is -2.46. The van der Waals surface area contributed by atoms with Gasteiger partial charge in [-0.1, -0.05) is 28.1 Å². The van der Waals surface area contributed by atoms with Gasteiger partial charge >= 0.3 is 0 Å². The van der Waals surface area contributed by atoms with Crippen molar-refractivity contribution in [3.63, 3.8) is 0 Å². The van der Waals surface area contributed by atoms with E-state index in [0.717, 1.165) is 5.56 Å². The number of aliphatic hydroxyl groups excluding tert-OH is 1. The van der Waals surface area contributed by atoms with E-state index in [-0.39, 0.29) is 16.3 Å². The van der Waals surface area contributed by atoms with Crippen LogP contribution in [0.1, 0.15) is 39.2 Å². The second-order valence-electron chi connectivity index (χ2n) is 6.32. The Hall–Kier alpha value is -0.550. The molecule has 1 N–H and O–H groups in total. The lowest BCUT2D eigenvalue weighted by Gasteiger charge is -2.42. The molecule has 0 spiro atoms. The van der Waals surface area contributed by atoms with Crippen LogP contribution in [0.4, 0.5) is 0 Å². The van der Waals surface area contributed by atoms with E-state index in [1.165, 1.54) is 0 Å². The van der Waals surface area contributed by atoms with Crippen molar-refractivity contribution in [2.75, 3.05) is 0 Å². The molecule has 1 aromatic rings. The maximum Gasteiger partial charge on any atom is 0.144 e. The molecule has 1 saturated carbocycles. The lowest BCUT2D eigenvalue weighted by molar-refractivity contribution is 0.0523. The maximum atomic E-state index is 12.0. The van der Waals surface area contributed by atoms with Crippen molar-refractivity contribution in [3.8, 4) is 0 Å². The number of rotatable bonds is 3. The highest BCUT2D eigenvalue weighted by molar-refractivity contribution is 7.91. The summed E-state index contributed by atoms with van der Waals surface area (Å²) in [7, 11) is 0. The average molecular weight is 314 g/mol. The molecule has 1 aromatic carbocycles. The third-order valence-corrected chi connectivity index (χ3v) is 5.13. The van der Waals surface area contributed by atoms with Gasteiger partial charge in [-0.3, -0.25) is 0 Å². The van der Waals surface area contributed by atoms with Crippen LogP contribution in [0.3, 0.4) is 0 Å². The Bertz CT molecular complexity index is 490. The van der Waals surface area contributed by atoms with E-state index in [2.05, 4.69) is 4.40 Å². The van der Waals surface area contributed by atoms with Crippen LogP contribution in [-0.2, 0) is 16.8 Å². The Balaban J connectivity index is 2.23. The van der Waals surface area contributed by atoms with Gasteiger partial charge in [-0.25, -0.2) is 0 Å². The normalized spacial score (nSPS) is 28.4. The second kappa shape index (κ2) is 5.68. The summed E-state index contributed by atoms with van der Waals surface area (Å²) in [6, 6.07) is 7.55. The van der Waals surface area contributed by atoms with Gasteiger partial charge in [0.2, 0.25) is 0 Å². The van der Waals surface area contributed by atoms with Gasteiger partial charge in [0, 0.05) is 10.4 Å². The third-order valence-electron chi connectivity index (χ3n) is 3.54. The zero-order valence-electron chi connectivity index (χ0n) is 12.0. The molecule has 0 saturated heterocycles. The first-order valence-corrected chi connectivity index (χ1v) is 8.13. The minimum atomic E-state index is -1.28. The molecule has 1 aliphatic rings. The number of nitrogens with zero attached hydrogens (tertiary/aromatic N) is 1. The van der Waals surface area contributed by atoms with Crippen molar-refractivity contribution >= 4 is 29.2 Å². The highest BCUT2D eigenvalue weighted by Gasteiger charge is 2.44. The fourth-order valence-electron chi connectivity index (χ4n) is 2.29. The Morgan fingerprint density at radius 2 is 1.90 bits per heavy atom. The van der Waals surface area contributed by atoms with Gasteiger partial charge in [0.25, 0.3) is 0 Å². The molecule has 3 nitrogen and oxygen atoms in total. The topological polar surface area (TPSA) is 55.7 Å². The fraction of sp³-hybridized carbons (Fsp3) is 0.533. The van der Waals surface area contributed by atoms with Crippen LogP contribution < -0.4 is 0 Å². The molecule has 1 atom stereocenters. The summed E-state index contributed by atoms with van der Waals surface area (Å²) in [5.41, 5.74) is 0.743. The number of hydrogen-bond acceptors (Lipinski definition) is 3.